The molecule has 8 heteroatoms. The fraction of sp³-hybridized carbons (Fsp3) is 0.538. The molecule has 1 fully saturated rings. The Balaban J connectivity index is 1.42. The average Bonchev–Trinajstić information content (AvgIpc) is 2.80. The van der Waals surface area contributed by atoms with Crippen molar-refractivity contribution in [2.45, 2.75) is 74.6 Å². The van der Waals surface area contributed by atoms with E-state index in [4.69, 9.17) is 9.79 Å². The number of halogens is 2. The topological polar surface area (TPSA) is 69.6 Å². The molecule has 0 unspecified atom stereocenters. The van der Waals surface area contributed by atoms with Gasteiger partial charge in [-0.05, 0) is 79.1 Å². The molecule has 2 aromatic carbocycles. The molecule has 0 saturated heterocycles. The molecule has 0 heterocycles. The van der Waals surface area contributed by atoms with E-state index in [-0.39, 0.29) is 23.2 Å². The van der Waals surface area contributed by atoms with E-state index >= 15 is 0 Å². The van der Waals surface area contributed by atoms with Crippen LogP contribution in [0.15, 0.2) is 47.4 Å². The minimum atomic E-state index is -3.96. The lowest BCUT2D eigenvalue weighted by Crippen LogP contribution is -2.30. The zero-order valence-corrected chi connectivity index (χ0v) is 21.4. The lowest BCUT2D eigenvalue weighted by atomic mass is 9.66. The first-order chi connectivity index (χ1) is 16.3. The third-order valence-corrected chi connectivity index (χ3v) is 8.73. The zero-order valence-electron chi connectivity index (χ0n) is 19.6. The molecule has 0 spiro atoms. The highest BCUT2D eigenvalue weighted by atomic mass is 32.2. The van der Waals surface area contributed by atoms with E-state index in [0.29, 0.717) is 24.4 Å². The Morgan fingerprint density at radius 1 is 0.971 bits per heavy atom. The molecule has 34 heavy (non-hydrogen) atoms. The number of thioether (sulfide) groups is 1. The molecule has 4 nitrogen and oxygen atoms in total. The summed E-state index contributed by atoms with van der Waals surface area (Å²) in [7, 11) is -3.96. The first-order valence-electron chi connectivity index (χ1n) is 12.2. The largest absolute Gasteiger partial charge is 0.325 e. The average molecular weight is 512 g/mol. The van der Waals surface area contributed by atoms with Gasteiger partial charge >= 0.3 is 7.60 Å². The second-order valence-corrected chi connectivity index (χ2v) is 12.2. The maximum Gasteiger partial charge on any atom is 0.325 e. The Kier molecular flexibility index (Phi) is 10.6. The highest BCUT2D eigenvalue weighted by molar-refractivity contribution is 7.99. The number of rotatable bonds is 13. The van der Waals surface area contributed by atoms with Gasteiger partial charge < -0.3 is 15.1 Å². The van der Waals surface area contributed by atoms with Crippen molar-refractivity contribution in [3.8, 4) is 0 Å². The lowest BCUT2D eigenvalue weighted by molar-refractivity contribution is 0.260. The fourth-order valence-corrected chi connectivity index (χ4v) is 6.44. The van der Waals surface area contributed by atoms with Gasteiger partial charge in [0.05, 0.1) is 6.16 Å². The van der Waals surface area contributed by atoms with Crippen molar-refractivity contribution in [3.05, 3.63) is 65.2 Å². The minimum Gasteiger partial charge on any atom is -0.324 e. The predicted octanol–water partition coefficient (Wildman–Crippen LogP) is 6.79. The van der Waals surface area contributed by atoms with Crippen molar-refractivity contribution in [1.29, 1.82) is 0 Å². The molecule has 0 bridgehead atoms. The Labute approximate surface area is 206 Å². The Morgan fingerprint density at radius 2 is 1.74 bits per heavy atom. The normalized spacial score (nSPS) is 16.0. The summed E-state index contributed by atoms with van der Waals surface area (Å²) >= 11 is 1.52. The van der Waals surface area contributed by atoms with E-state index in [2.05, 4.69) is 5.32 Å². The molecule has 1 aliphatic rings. The molecule has 1 saturated carbocycles. The number of hydrogen-bond acceptors (Lipinski definition) is 3. The van der Waals surface area contributed by atoms with Crippen molar-refractivity contribution in [2.75, 3.05) is 18.5 Å². The smallest absolute Gasteiger partial charge is 0.324 e. The van der Waals surface area contributed by atoms with E-state index in [9.17, 15) is 13.3 Å². The van der Waals surface area contributed by atoms with Crippen LogP contribution in [0.4, 0.5) is 8.78 Å². The van der Waals surface area contributed by atoms with Crippen molar-refractivity contribution >= 4 is 19.4 Å². The molecule has 0 aliphatic heterocycles. The van der Waals surface area contributed by atoms with Crippen LogP contribution in [0.25, 0.3) is 0 Å². The predicted molar refractivity (Wildman–Crippen MR) is 135 cm³/mol. The van der Waals surface area contributed by atoms with Gasteiger partial charge in [0, 0.05) is 11.4 Å². The summed E-state index contributed by atoms with van der Waals surface area (Å²) < 4.78 is 39.9. The Bertz CT molecular complexity index is 963. The third kappa shape index (κ3) is 8.46. The highest BCUT2D eigenvalue weighted by Crippen LogP contribution is 2.44. The van der Waals surface area contributed by atoms with Crippen LogP contribution in [0.5, 0.6) is 0 Å². The summed E-state index contributed by atoms with van der Waals surface area (Å²) in [4.78, 5) is 18.4. The summed E-state index contributed by atoms with van der Waals surface area (Å²) in [6, 6.07) is 12.4. The van der Waals surface area contributed by atoms with Gasteiger partial charge in [-0.25, -0.2) is 8.78 Å². The number of benzene rings is 2. The van der Waals surface area contributed by atoms with Crippen LogP contribution in [0, 0.1) is 11.6 Å². The van der Waals surface area contributed by atoms with Crippen molar-refractivity contribution in [1.82, 2.24) is 5.32 Å². The summed E-state index contributed by atoms with van der Waals surface area (Å²) in [5, 5.41) is 3.09. The van der Waals surface area contributed by atoms with Gasteiger partial charge in [-0.3, -0.25) is 4.57 Å². The first-order valence-corrected chi connectivity index (χ1v) is 15.0. The van der Waals surface area contributed by atoms with Crippen LogP contribution in [0.3, 0.4) is 0 Å². The highest BCUT2D eigenvalue weighted by Gasteiger charge is 2.35. The van der Waals surface area contributed by atoms with Gasteiger partial charge in [-0.1, -0.05) is 49.9 Å². The number of unbranched alkanes of at least 4 members (excludes halogenated alkanes) is 1. The first kappa shape index (κ1) is 27.3. The standard InChI is InChI=1S/C26H36F2NO3PS/c27-23-10-3-2-9-22(23)26(13-4-1-5-14-26)15-6-7-18-34-25-12-11-21(19-24(25)28)20-29-16-8-17-33(30,31)32/h2-3,9-12,19,29H,1,4-8,13-18,20H2,(H2,30,31,32). The van der Waals surface area contributed by atoms with Gasteiger partial charge in [0.1, 0.15) is 11.6 Å². The number of hydrogen-bond donors (Lipinski definition) is 3. The molecule has 0 amide bonds. The molecule has 0 aromatic heterocycles. The monoisotopic (exact) mass is 511 g/mol. The van der Waals surface area contributed by atoms with E-state index < -0.39 is 7.60 Å². The minimum absolute atomic E-state index is 0.0561. The van der Waals surface area contributed by atoms with E-state index in [1.54, 1.807) is 18.2 Å². The van der Waals surface area contributed by atoms with Crippen molar-refractivity contribution < 1.29 is 23.1 Å². The zero-order chi connectivity index (χ0) is 24.4. The molecule has 3 rings (SSSR count). The number of nitrogens with one attached hydrogen (secondary N) is 1. The molecule has 188 valence electrons. The molecule has 1 aliphatic carbocycles. The fourth-order valence-electron chi connectivity index (χ4n) is 4.94. The summed E-state index contributed by atoms with van der Waals surface area (Å²) in [6.45, 7) is 0.929. The molecule has 3 N–H and O–H groups in total. The second kappa shape index (κ2) is 13.2. The maximum absolute atomic E-state index is 14.6. The van der Waals surface area contributed by atoms with E-state index in [1.165, 1.54) is 24.2 Å². The van der Waals surface area contributed by atoms with Gasteiger partial charge in [-0.2, -0.15) is 0 Å². The lowest BCUT2D eigenvalue weighted by Gasteiger charge is -2.38. The molecule has 2 aromatic rings. The second-order valence-electron chi connectivity index (χ2n) is 9.31. The van der Waals surface area contributed by atoms with E-state index in [0.717, 1.165) is 61.8 Å². The third-order valence-electron chi connectivity index (χ3n) is 6.69. The summed E-state index contributed by atoms with van der Waals surface area (Å²) in [5.41, 5.74) is 1.63. The van der Waals surface area contributed by atoms with Gasteiger partial charge in [0.25, 0.3) is 0 Å². The maximum atomic E-state index is 14.6. The molecule has 0 radical (unpaired) electrons. The molecular weight excluding hydrogens is 475 g/mol. The quantitative estimate of drug-likeness (QED) is 0.157. The van der Waals surface area contributed by atoms with Crippen LogP contribution in [0.1, 0.15) is 68.9 Å². The van der Waals surface area contributed by atoms with Crippen LogP contribution < -0.4 is 5.32 Å². The van der Waals surface area contributed by atoms with Crippen LogP contribution in [0.2, 0.25) is 0 Å². The van der Waals surface area contributed by atoms with Gasteiger partial charge in [0.2, 0.25) is 0 Å². The van der Waals surface area contributed by atoms with E-state index in [1.807, 2.05) is 18.2 Å². The van der Waals surface area contributed by atoms with Gasteiger partial charge in [0.15, 0.2) is 0 Å². The Hall–Kier alpha value is -1.24. The summed E-state index contributed by atoms with van der Waals surface area (Å²) in [6.07, 6.45) is 8.79. The van der Waals surface area contributed by atoms with Crippen molar-refractivity contribution in [3.63, 3.8) is 0 Å². The Morgan fingerprint density at radius 3 is 2.44 bits per heavy atom. The van der Waals surface area contributed by atoms with Crippen LogP contribution >= 0.6 is 19.4 Å². The van der Waals surface area contributed by atoms with Gasteiger partial charge in [-0.15, -0.1) is 11.8 Å². The van der Waals surface area contributed by atoms with Crippen LogP contribution in [-0.2, 0) is 16.5 Å². The summed E-state index contributed by atoms with van der Waals surface area (Å²) in [5.74, 6) is 0.497. The SMILES string of the molecule is O=P(O)(O)CCCNCc1ccc(SCCCCC2(c3ccccc3F)CCCCC2)c(F)c1. The van der Waals surface area contributed by atoms with Crippen molar-refractivity contribution in [2.24, 2.45) is 0 Å². The van der Waals surface area contributed by atoms with Crippen LogP contribution in [-0.4, -0.2) is 28.2 Å². The molecule has 0 atom stereocenters. The molecular formula is C26H36F2NO3PS.